The van der Waals surface area contributed by atoms with Crippen LogP contribution < -0.4 is 0 Å². The molecule has 0 aliphatic rings. The Morgan fingerprint density at radius 2 is 2.00 bits per heavy atom. The third-order valence-electron chi connectivity index (χ3n) is 3.13. The normalized spacial score (nSPS) is 10.8. The molecule has 2 heterocycles. The predicted octanol–water partition coefficient (Wildman–Crippen LogP) is 2.99. The second-order valence-corrected chi connectivity index (χ2v) is 5.86. The summed E-state index contributed by atoms with van der Waals surface area (Å²) in [4.78, 5) is 15.3. The summed E-state index contributed by atoms with van der Waals surface area (Å²) in [5, 5.41) is 11.9. The molecule has 112 valence electrons. The first-order valence-corrected chi connectivity index (χ1v) is 7.63. The van der Waals surface area contributed by atoms with Gasteiger partial charge in [0.1, 0.15) is 12.4 Å². The summed E-state index contributed by atoms with van der Waals surface area (Å²) in [7, 11) is 0. The van der Waals surface area contributed by atoms with Gasteiger partial charge in [-0.05, 0) is 48.0 Å². The Hall–Kier alpha value is -2.41. The number of carbonyl (C=O) groups excluding carboxylic acids is 1. The number of benzene rings is 1. The lowest BCUT2D eigenvalue weighted by molar-refractivity contribution is 0.0965. The van der Waals surface area contributed by atoms with Crippen molar-refractivity contribution in [3.63, 3.8) is 0 Å². The van der Waals surface area contributed by atoms with Crippen molar-refractivity contribution in [1.82, 2.24) is 20.2 Å². The quantitative estimate of drug-likeness (QED) is 0.679. The largest absolute Gasteiger partial charge is 0.291 e. The van der Waals surface area contributed by atoms with Crippen LogP contribution in [0.3, 0.4) is 0 Å². The molecule has 5 nitrogen and oxygen atoms in total. The first-order chi connectivity index (χ1) is 10.7. The SMILES string of the molecule is CCc1ccc(C(=O)Cn2nnc(-c3ccc(F)cc3)n2)s1. The first-order valence-electron chi connectivity index (χ1n) is 6.81. The van der Waals surface area contributed by atoms with Gasteiger partial charge in [0.25, 0.3) is 0 Å². The number of ketones is 1. The number of hydrogen-bond donors (Lipinski definition) is 0. The zero-order valence-electron chi connectivity index (χ0n) is 11.9. The average Bonchev–Trinajstić information content (AvgIpc) is 3.17. The number of tetrazole rings is 1. The van der Waals surface area contributed by atoms with Crippen LogP contribution in [-0.4, -0.2) is 26.0 Å². The predicted molar refractivity (Wildman–Crippen MR) is 81.2 cm³/mol. The number of halogens is 1. The number of hydrogen-bond acceptors (Lipinski definition) is 5. The molecule has 0 saturated carbocycles. The highest BCUT2D eigenvalue weighted by Gasteiger charge is 2.13. The van der Waals surface area contributed by atoms with Crippen LogP contribution in [0.2, 0.25) is 0 Å². The summed E-state index contributed by atoms with van der Waals surface area (Å²) in [5.74, 6) is -0.00303. The van der Waals surface area contributed by atoms with Crippen molar-refractivity contribution in [3.05, 3.63) is 52.0 Å². The molecule has 22 heavy (non-hydrogen) atoms. The monoisotopic (exact) mass is 316 g/mol. The summed E-state index contributed by atoms with van der Waals surface area (Å²) >= 11 is 1.48. The van der Waals surface area contributed by atoms with Crippen LogP contribution in [-0.2, 0) is 13.0 Å². The number of thiophene rings is 1. The van der Waals surface area contributed by atoms with Crippen LogP contribution in [0.4, 0.5) is 4.39 Å². The standard InChI is InChI=1S/C15H13FN4OS/c1-2-12-7-8-14(22-12)13(21)9-20-18-15(17-19-20)10-3-5-11(16)6-4-10/h3-8H,2,9H2,1H3. The van der Waals surface area contributed by atoms with E-state index in [1.165, 1.54) is 33.1 Å². The van der Waals surface area contributed by atoms with Crippen LogP contribution in [0.5, 0.6) is 0 Å². The summed E-state index contributed by atoms with van der Waals surface area (Å²) in [6.07, 6.45) is 0.911. The van der Waals surface area contributed by atoms with Gasteiger partial charge in [0, 0.05) is 10.4 Å². The van der Waals surface area contributed by atoms with E-state index in [1.54, 1.807) is 12.1 Å². The molecule has 0 radical (unpaired) electrons. The molecule has 0 spiro atoms. The van der Waals surface area contributed by atoms with Crippen molar-refractivity contribution < 1.29 is 9.18 Å². The summed E-state index contributed by atoms with van der Waals surface area (Å²) in [5.41, 5.74) is 0.657. The van der Waals surface area contributed by atoms with Crippen molar-refractivity contribution in [2.75, 3.05) is 0 Å². The molecule has 0 aliphatic carbocycles. The number of rotatable bonds is 5. The molecule has 0 unspecified atom stereocenters. The molecule has 1 aromatic carbocycles. The molecule has 0 aliphatic heterocycles. The number of Topliss-reactive ketones (excluding diaryl/α,β-unsaturated/α-hetero) is 1. The summed E-state index contributed by atoms with van der Waals surface area (Å²) in [6, 6.07) is 9.59. The maximum absolute atomic E-state index is 12.9. The molecule has 3 aromatic rings. The Morgan fingerprint density at radius 3 is 2.68 bits per heavy atom. The van der Waals surface area contributed by atoms with Gasteiger partial charge in [0.2, 0.25) is 5.82 Å². The fourth-order valence-electron chi connectivity index (χ4n) is 1.95. The minimum Gasteiger partial charge on any atom is -0.291 e. The summed E-state index contributed by atoms with van der Waals surface area (Å²) in [6.45, 7) is 2.09. The van der Waals surface area contributed by atoms with Crippen LogP contribution in [0.25, 0.3) is 11.4 Å². The van der Waals surface area contributed by atoms with Gasteiger partial charge in [-0.1, -0.05) is 6.92 Å². The lowest BCUT2D eigenvalue weighted by atomic mass is 10.2. The first kappa shape index (κ1) is 14.5. The third kappa shape index (κ3) is 3.09. The lowest BCUT2D eigenvalue weighted by Gasteiger charge is -1.96. The average molecular weight is 316 g/mol. The number of aromatic nitrogens is 4. The number of nitrogens with zero attached hydrogens (tertiary/aromatic N) is 4. The maximum Gasteiger partial charge on any atom is 0.204 e. The molecule has 0 N–H and O–H groups in total. The zero-order chi connectivity index (χ0) is 15.5. The molecule has 0 atom stereocenters. The van der Waals surface area contributed by atoms with Crippen LogP contribution in [0, 0.1) is 5.82 Å². The topological polar surface area (TPSA) is 60.7 Å². The highest BCUT2D eigenvalue weighted by molar-refractivity contribution is 7.14. The molecule has 0 fully saturated rings. The molecule has 3 rings (SSSR count). The van der Waals surface area contributed by atoms with Crippen molar-refractivity contribution in [1.29, 1.82) is 0 Å². The zero-order valence-corrected chi connectivity index (χ0v) is 12.7. The fraction of sp³-hybridized carbons (Fsp3) is 0.200. The molecular weight excluding hydrogens is 303 g/mol. The van der Waals surface area contributed by atoms with E-state index in [1.807, 2.05) is 19.1 Å². The number of carbonyl (C=O) groups is 1. The van der Waals surface area contributed by atoms with Gasteiger partial charge in [-0.15, -0.1) is 21.5 Å². The van der Waals surface area contributed by atoms with Gasteiger partial charge in [-0.2, -0.15) is 4.80 Å². The smallest absolute Gasteiger partial charge is 0.204 e. The minimum absolute atomic E-state index is 0.0395. The van der Waals surface area contributed by atoms with Crippen molar-refractivity contribution in [2.45, 2.75) is 19.9 Å². The van der Waals surface area contributed by atoms with Crippen molar-refractivity contribution in [3.8, 4) is 11.4 Å². The fourth-order valence-corrected chi connectivity index (χ4v) is 2.83. The third-order valence-corrected chi connectivity index (χ3v) is 4.40. The van der Waals surface area contributed by atoms with E-state index in [9.17, 15) is 9.18 Å². The highest BCUT2D eigenvalue weighted by atomic mass is 32.1. The van der Waals surface area contributed by atoms with Gasteiger partial charge in [-0.25, -0.2) is 4.39 Å². The molecule has 0 amide bonds. The van der Waals surface area contributed by atoms with Gasteiger partial charge >= 0.3 is 0 Å². The van der Waals surface area contributed by atoms with Crippen LogP contribution in [0.15, 0.2) is 36.4 Å². The van der Waals surface area contributed by atoms with Crippen LogP contribution >= 0.6 is 11.3 Å². The van der Waals surface area contributed by atoms with Crippen molar-refractivity contribution in [2.24, 2.45) is 0 Å². The lowest BCUT2D eigenvalue weighted by Crippen LogP contribution is -2.12. The van der Waals surface area contributed by atoms with Crippen LogP contribution in [0.1, 0.15) is 21.5 Å². The van der Waals surface area contributed by atoms with E-state index in [-0.39, 0.29) is 18.1 Å². The molecule has 0 bridgehead atoms. The Labute approximate surface area is 130 Å². The van der Waals surface area contributed by atoms with Gasteiger partial charge in [0.05, 0.1) is 4.88 Å². The van der Waals surface area contributed by atoms with E-state index in [4.69, 9.17) is 0 Å². The molecule has 2 aromatic heterocycles. The van der Waals surface area contributed by atoms with E-state index in [2.05, 4.69) is 15.4 Å². The second-order valence-electron chi connectivity index (χ2n) is 4.69. The van der Waals surface area contributed by atoms with Gasteiger partial charge in [0.15, 0.2) is 5.78 Å². The molecule has 0 saturated heterocycles. The Balaban J connectivity index is 1.73. The molecule has 7 heteroatoms. The maximum atomic E-state index is 12.9. The van der Waals surface area contributed by atoms with E-state index in [0.29, 0.717) is 16.3 Å². The second kappa shape index (κ2) is 6.15. The Bertz CT molecular complexity index is 794. The Kier molecular flexibility index (Phi) is 4.06. The highest BCUT2D eigenvalue weighted by Crippen LogP contribution is 2.18. The summed E-state index contributed by atoms with van der Waals surface area (Å²) < 4.78 is 12.9. The van der Waals surface area contributed by atoms with E-state index in [0.717, 1.165) is 6.42 Å². The molecular formula is C15H13FN4OS. The Morgan fingerprint density at radius 1 is 1.23 bits per heavy atom. The minimum atomic E-state index is -0.323. The van der Waals surface area contributed by atoms with E-state index >= 15 is 0 Å². The number of aryl methyl sites for hydroxylation is 1. The van der Waals surface area contributed by atoms with Gasteiger partial charge in [-0.3, -0.25) is 4.79 Å². The van der Waals surface area contributed by atoms with Gasteiger partial charge < -0.3 is 0 Å². The van der Waals surface area contributed by atoms with E-state index < -0.39 is 0 Å². The van der Waals surface area contributed by atoms with Crippen molar-refractivity contribution >= 4 is 17.1 Å².